The molecule has 1 N–H and O–H groups in total. The summed E-state index contributed by atoms with van der Waals surface area (Å²) in [5.41, 5.74) is 0.787. The number of benzene rings is 2. The van der Waals surface area contributed by atoms with Crippen LogP contribution in [0.4, 0.5) is 18.9 Å². The molecule has 9 heteroatoms. The Balaban J connectivity index is 0.00000280. The molecular weight excluding hydrogens is 459 g/mol. The van der Waals surface area contributed by atoms with Crippen molar-refractivity contribution in [1.82, 2.24) is 4.98 Å². The molecule has 0 aliphatic rings. The molecule has 0 spiro atoms. The van der Waals surface area contributed by atoms with Gasteiger partial charge in [-0.3, -0.25) is 4.79 Å². The van der Waals surface area contributed by atoms with Gasteiger partial charge in [-0.05, 0) is 35.3 Å². The quantitative estimate of drug-likeness (QED) is 0.547. The molecule has 1 heterocycles. The van der Waals surface area contributed by atoms with Gasteiger partial charge in [0.05, 0.1) is 11.8 Å². The topological polar surface area (TPSA) is 45.9 Å². The summed E-state index contributed by atoms with van der Waals surface area (Å²) in [4.78, 5) is 16.4. The van der Waals surface area contributed by atoms with Crippen LogP contribution in [0.2, 0.25) is 5.02 Å². The molecule has 146 valence electrons. The number of carbonyl (C=O) groups is 1. The average molecular weight is 474 g/mol. The third-order valence-electron chi connectivity index (χ3n) is 3.69. The average Bonchev–Trinajstić information content (AvgIpc) is 2.62. The number of nitrogens with one attached hydrogen (secondary N) is 1. The summed E-state index contributed by atoms with van der Waals surface area (Å²) in [6.07, 6.45) is -1.33. The number of rotatable bonds is 4. The highest BCUT2D eigenvalue weighted by Gasteiger charge is 2.30. The van der Waals surface area contributed by atoms with Gasteiger partial charge in [0.25, 0.3) is 12.2 Å². The molecule has 3 rings (SSSR count). The number of alkyl halides is 3. The first-order chi connectivity index (χ1) is 12.8. The minimum Gasteiger partial charge on any atom is -0.323 e. The second-order valence-corrected chi connectivity index (χ2v) is 6.19. The van der Waals surface area contributed by atoms with Gasteiger partial charge < -0.3 is 5.32 Å². The van der Waals surface area contributed by atoms with Crippen LogP contribution in [0, 0.1) is 0 Å². The van der Waals surface area contributed by atoms with E-state index >= 15 is 0 Å². The Hall–Kier alpha value is -2.45. The van der Waals surface area contributed by atoms with Gasteiger partial charge in [-0.2, -0.15) is 13.2 Å². The standard InChI is InChI=1S/C19H13ClF3N3O.BrH/c20-15-5-1-3-13(9-15)17-7-8-26(12-24-17)11-18(27)25-16-6-2-4-14(10-16)19(21,22)23;/h1-10,12H,11H2;1H/p+1. The van der Waals surface area contributed by atoms with Gasteiger partial charge in [-0.1, -0.05) is 29.8 Å². The zero-order valence-electron chi connectivity index (χ0n) is 14.3. The molecule has 0 atom stereocenters. The summed E-state index contributed by atoms with van der Waals surface area (Å²) in [5.74, 6) is -0.461. The van der Waals surface area contributed by atoms with Gasteiger partial charge in [0, 0.05) is 22.3 Å². The lowest BCUT2D eigenvalue weighted by atomic mass is 10.1. The van der Waals surface area contributed by atoms with E-state index in [0.29, 0.717) is 10.7 Å². The van der Waals surface area contributed by atoms with Crippen molar-refractivity contribution in [2.45, 2.75) is 12.7 Å². The molecule has 0 fully saturated rings. The Labute approximate surface area is 174 Å². The monoisotopic (exact) mass is 472 g/mol. The van der Waals surface area contributed by atoms with Crippen LogP contribution < -0.4 is 9.88 Å². The first-order valence-electron chi connectivity index (χ1n) is 7.89. The maximum atomic E-state index is 12.7. The van der Waals surface area contributed by atoms with Crippen LogP contribution in [0.5, 0.6) is 0 Å². The third-order valence-corrected chi connectivity index (χ3v) is 3.92. The molecule has 3 aromatic rings. The summed E-state index contributed by atoms with van der Waals surface area (Å²) in [5, 5.41) is 3.04. The molecule has 0 saturated heterocycles. The van der Waals surface area contributed by atoms with Gasteiger partial charge in [0.2, 0.25) is 0 Å². The zero-order valence-corrected chi connectivity index (χ0v) is 16.7. The number of amides is 1. The van der Waals surface area contributed by atoms with E-state index < -0.39 is 17.6 Å². The highest BCUT2D eigenvalue weighted by molar-refractivity contribution is 8.93. The van der Waals surface area contributed by atoms with Crippen LogP contribution >= 0.6 is 28.6 Å². The lowest BCUT2D eigenvalue weighted by molar-refractivity contribution is -0.686. The highest BCUT2D eigenvalue weighted by Crippen LogP contribution is 2.30. The Morgan fingerprint density at radius 1 is 1.11 bits per heavy atom. The predicted molar refractivity (Wildman–Crippen MR) is 105 cm³/mol. The molecule has 0 radical (unpaired) electrons. The van der Waals surface area contributed by atoms with Gasteiger partial charge >= 0.3 is 6.18 Å². The SMILES string of the molecule is Br.O=C(C[n+]1ccc(-c2cccc(Cl)c2)nc1)Nc1cccc(C(F)(F)F)c1. The van der Waals surface area contributed by atoms with E-state index in [2.05, 4.69) is 10.3 Å². The maximum absolute atomic E-state index is 12.7. The van der Waals surface area contributed by atoms with Crippen molar-refractivity contribution in [2.75, 3.05) is 5.32 Å². The predicted octanol–water partition coefficient (Wildman–Crippen LogP) is 4.92. The van der Waals surface area contributed by atoms with Crippen LogP contribution in [0.3, 0.4) is 0 Å². The van der Waals surface area contributed by atoms with E-state index in [1.807, 2.05) is 12.1 Å². The van der Waals surface area contributed by atoms with Crippen LogP contribution in [0.1, 0.15) is 5.56 Å². The molecular formula is C19H15BrClF3N3O+. The van der Waals surface area contributed by atoms with Gasteiger partial charge in [0.15, 0.2) is 12.2 Å². The summed E-state index contributed by atoms with van der Waals surface area (Å²) in [6.45, 7) is -0.0843. The molecule has 0 saturated carbocycles. The number of halogens is 5. The molecule has 0 bridgehead atoms. The fourth-order valence-corrected chi connectivity index (χ4v) is 2.63. The number of aromatic nitrogens is 2. The Morgan fingerprint density at radius 3 is 2.50 bits per heavy atom. The van der Waals surface area contributed by atoms with E-state index in [-0.39, 0.29) is 29.2 Å². The lowest BCUT2D eigenvalue weighted by Crippen LogP contribution is -2.40. The first-order valence-corrected chi connectivity index (χ1v) is 8.27. The molecule has 4 nitrogen and oxygen atoms in total. The summed E-state index contributed by atoms with van der Waals surface area (Å²) in [6, 6.07) is 13.4. The van der Waals surface area contributed by atoms with Crippen molar-refractivity contribution in [3.05, 3.63) is 77.7 Å². The smallest absolute Gasteiger partial charge is 0.323 e. The molecule has 0 aliphatic carbocycles. The second kappa shape index (κ2) is 9.16. The van der Waals surface area contributed by atoms with Crippen LogP contribution in [-0.4, -0.2) is 10.9 Å². The highest BCUT2D eigenvalue weighted by atomic mass is 79.9. The van der Waals surface area contributed by atoms with E-state index in [4.69, 9.17) is 11.6 Å². The van der Waals surface area contributed by atoms with E-state index in [0.717, 1.165) is 17.7 Å². The van der Waals surface area contributed by atoms with E-state index in [9.17, 15) is 18.0 Å². The zero-order chi connectivity index (χ0) is 19.4. The van der Waals surface area contributed by atoms with E-state index in [1.165, 1.54) is 23.0 Å². The van der Waals surface area contributed by atoms with Crippen LogP contribution in [-0.2, 0) is 17.5 Å². The Bertz CT molecular complexity index is 965. The minimum atomic E-state index is -4.46. The summed E-state index contributed by atoms with van der Waals surface area (Å²) < 4.78 is 39.7. The van der Waals surface area contributed by atoms with Crippen molar-refractivity contribution in [1.29, 1.82) is 0 Å². The van der Waals surface area contributed by atoms with Crippen molar-refractivity contribution in [3.8, 4) is 11.3 Å². The van der Waals surface area contributed by atoms with Gasteiger partial charge in [-0.25, -0.2) is 4.57 Å². The van der Waals surface area contributed by atoms with Crippen molar-refractivity contribution in [3.63, 3.8) is 0 Å². The summed E-state index contributed by atoms with van der Waals surface area (Å²) >= 11 is 5.95. The molecule has 28 heavy (non-hydrogen) atoms. The third kappa shape index (κ3) is 5.77. The molecule has 0 unspecified atom stereocenters. The fraction of sp³-hybridized carbons (Fsp3) is 0.105. The minimum absolute atomic E-state index is 0. The first kappa shape index (κ1) is 21.8. The number of hydrogen-bond donors (Lipinski definition) is 1. The number of carbonyl (C=O) groups excluding carboxylic acids is 1. The van der Waals surface area contributed by atoms with Gasteiger partial charge in [0.1, 0.15) is 0 Å². The van der Waals surface area contributed by atoms with Gasteiger partial charge in [-0.15, -0.1) is 17.0 Å². The molecule has 0 aliphatic heterocycles. The summed E-state index contributed by atoms with van der Waals surface area (Å²) in [7, 11) is 0. The number of nitrogens with zero attached hydrogens (tertiary/aromatic N) is 2. The fourth-order valence-electron chi connectivity index (χ4n) is 2.44. The normalized spacial score (nSPS) is 10.9. The van der Waals surface area contributed by atoms with Crippen molar-refractivity contribution in [2.24, 2.45) is 0 Å². The molecule has 1 amide bonds. The van der Waals surface area contributed by atoms with E-state index in [1.54, 1.807) is 24.4 Å². The largest absolute Gasteiger partial charge is 0.416 e. The van der Waals surface area contributed by atoms with Crippen molar-refractivity contribution < 1.29 is 22.5 Å². The lowest BCUT2D eigenvalue weighted by Gasteiger charge is -2.09. The molecule has 1 aromatic heterocycles. The van der Waals surface area contributed by atoms with Crippen LogP contribution in [0.25, 0.3) is 11.3 Å². The molecule has 2 aromatic carbocycles. The number of hydrogen-bond acceptors (Lipinski definition) is 2. The Morgan fingerprint density at radius 2 is 1.86 bits per heavy atom. The van der Waals surface area contributed by atoms with Crippen LogP contribution in [0.15, 0.2) is 67.1 Å². The maximum Gasteiger partial charge on any atom is 0.416 e. The Kier molecular flexibility index (Phi) is 7.15. The van der Waals surface area contributed by atoms with Crippen molar-refractivity contribution >= 4 is 40.2 Å². The second-order valence-electron chi connectivity index (χ2n) is 5.75. The number of anilines is 1.